The van der Waals surface area contributed by atoms with Crippen LogP contribution in [-0.4, -0.2) is 37.1 Å². The van der Waals surface area contributed by atoms with Gasteiger partial charge >= 0.3 is 0 Å². The minimum Gasteiger partial charge on any atom is -0.493 e. The van der Waals surface area contributed by atoms with Crippen LogP contribution in [0.1, 0.15) is 5.56 Å². The van der Waals surface area contributed by atoms with Gasteiger partial charge in [-0.05, 0) is 36.4 Å². The molecule has 0 radical (unpaired) electrons. The van der Waals surface area contributed by atoms with Crippen LogP contribution in [0, 0.1) is 0 Å². The van der Waals surface area contributed by atoms with Crippen LogP contribution in [0.2, 0.25) is 5.02 Å². The number of amides is 2. The van der Waals surface area contributed by atoms with Crippen molar-refractivity contribution in [3.8, 4) is 17.2 Å². The van der Waals surface area contributed by atoms with Crippen LogP contribution in [0.3, 0.4) is 0 Å². The largest absolute Gasteiger partial charge is 0.493 e. The number of carbonyl (C=O) groups is 2. The van der Waals surface area contributed by atoms with E-state index < -0.39 is 0 Å². The number of pyridine rings is 1. The predicted molar refractivity (Wildman–Crippen MR) is 119 cm³/mol. The van der Waals surface area contributed by atoms with Gasteiger partial charge in [-0.15, -0.1) is 0 Å². The number of methoxy groups -OCH3 is 1. The van der Waals surface area contributed by atoms with Crippen LogP contribution < -0.4 is 24.4 Å². The number of anilines is 2. The molecule has 9 heteroatoms. The first-order valence-corrected chi connectivity index (χ1v) is 10.1. The number of nitrogens with zero attached hydrogens (tertiary/aromatic N) is 2. The molecule has 2 heterocycles. The van der Waals surface area contributed by atoms with Gasteiger partial charge in [0.05, 0.1) is 12.8 Å². The summed E-state index contributed by atoms with van der Waals surface area (Å²) in [6.45, 7) is -0.0361. The maximum Gasteiger partial charge on any atom is 0.265 e. The van der Waals surface area contributed by atoms with E-state index in [0.29, 0.717) is 40.3 Å². The van der Waals surface area contributed by atoms with Gasteiger partial charge in [0, 0.05) is 34.7 Å². The van der Waals surface area contributed by atoms with E-state index in [4.69, 9.17) is 25.8 Å². The highest BCUT2D eigenvalue weighted by Crippen LogP contribution is 2.35. The number of halogens is 1. The van der Waals surface area contributed by atoms with Crippen molar-refractivity contribution in [1.82, 2.24) is 4.98 Å². The molecule has 0 fully saturated rings. The van der Waals surface area contributed by atoms with E-state index >= 15 is 0 Å². The van der Waals surface area contributed by atoms with Gasteiger partial charge in [-0.2, -0.15) is 0 Å². The Labute approximate surface area is 189 Å². The lowest BCUT2D eigenvalue weighted by molar-refractivity contribution is -0.123. The normalized spacial score (nSPS) is 12.6. The maximum absolute atomic E-state index is 12.7. The third-order valence-electron chi connectivity index (χ3n) is 4.73. The summed E-state index contributed by atoms with van der Waals surface area (Å²) in [5.74, 6) is 0.782. The van der Waals surface area contributed by atoms with Crippen molar-refractivity contribution in [1.29, 1.82) is 0 Å². The number of nitrogens with one attached hydrogen (secondary N) is 1. The summed E-state index contributed by atoms with van der Waals surface area (Å²) in [5, 5.41) is 3.23. The lowest BCUT2D eigenvalue weighted by Crippen LogP contribution is -2.43. The fourth-order valence-corrected chi connectivity index (χ4v) is 3.37. The zero-order chi connectivity index (χ0) is 22.5. The third kappa shape index (κ3) is 4.92. The first kappa shape index (κ1) is 21.5. The van der Waals surface area contributed by atoms with Gasteiger partial charge in [0.1, 0.15) is 18.9 Å². The van der Waals surface area contributed by atoms with E-state index in [9.17, 15) is 9.59 Å². The second-order valence-electron chi connectivity index (χ2n) is 6.94. The molecular formula is C23H20ClN3O5. The molecule has 0 saturated heterocycles. The molecule has 32 heavy (non-hydrogen) atoms. The van der Waals surface area contributed by atoms with Gasteiger partial charge in [-0.3, -0.25) is 19.5 Å². The first-order valence-electron chi connectivity index (χ1n) is 9.76. The van der Waals surface area contributed by atoms with Crippen molar-refractivity contribution in [3.05, 3.63) is 71.5 Å². The fourth-order valence-electron chi connectivity index (χ4n) is 3.20. The van der Waals surface area contributed by atoms with Gasteiger partial charge in [-0.25, -0.2) is 0 Å². The van der Waals surface area contributed by atoms with Crippen LogP contribution >= 0.6 is 11.6 Å². The Morgan fingerprint density at radius 1 is 1.22 bits per heavy atom. The molecule has 8 nitrogen and oxygen atoms in total. The van der Waals surface area contributed by atoms with E-state index in [1.807, 2.05) is 12.1 Å². The summed E-state index contributed by atoms with van der Waals surface area (Å²) in [6, 6.07) is 13.7. The molecule has 0 unspecified atom stereocenters. The SMILES string of the molecule is COc1ccc(NC(=O)CN2C(=O)COc3ccc(Cl)cc32)cc1OCc1cccnc1. The molecule has 1 aliphatic rings. The molecule has 2 amide bonds. The number of carbonyl (C=O) groups excluding carboxylic acids is 2. The van der Waals surface area contributed by atoms with Crippen LogP contribution in [0.5, 0.6) is 17.2 Å². The summed E-state index contributed by atoms with van der Waals surface area (Å²) >= 11 is 6.05. The lowest BCUT2D eigenvalue weighted by atomic mass is 10.2. The molecule has 3 aromatic rings. The molecular weight excluding hydrogens is 434 g/mol. The first-order chi connectivity index (χ1) is 15.5. The highest BCUT2D eigenvalue weighted by atomic mass is 35.5. The Morgan fingerprint density at radius 2 is 2.09 bits per heavy atom. The van der Waals surface area contributed by atoms with Crippen molar-refractivity contribution in [2.24, 2.45) is 0 Å². The number of ether oxygens (including phenoxy) is 3. The van der Waals surface area contributed by atoms with Gasteiger partial charge in [0.2, 0.25) is 5.91 Å². The minimum absolute atomic E-state index is 0.142. The maximum atomic E-state index is 12.7. The number of benzene rings is 2. The molecule has 1 N–H and O–H groups in total. The lowest BCUT2D eigenvalue weighted by Gasteiger charge is -2.29. The predicted octanol–water partition coefficient (Wildman–Crippen LogP) is 3.69. The van der Waals surface area contributed by atoms with Crippen molar-refractivity contribution >= 4 is 34.8 Å². The molecule has 164 valence electrons. The van der Waals surface area contributed by atoms with E-state index in [-0.39, 0.29) is 25.0 Å². The zero-order valence-corrected chi connectivity index (χ0v) is 18.0. The van der Waals surface area contributed by atoms with Crippen molar-refractivity contribution < 1.29 is 23.8 Å². The molecule has 2 aromatic carbocycles. The number of hydrogen-bond acceptors (Lipinski definition) is 6. The number of fused-ring (bicyclic) bond motifs is 1. The van der Waals surface area contributed by atoms with E-state index in [1.54, 1.807) is 48.8 Å². The average Bonchev–Trinajstić information content (AvgIpc) is 2.80. The standard InChI is InChI=1S/C23H20ClN3O5/c1-30-20-7-5-17(10-21(20)31-13-15-3-2-8-25-11-15)26-22(28)12-27-18-9-16(24)4-6-19(18)32-14-23(27)29/h2-11H,12-14H2,1H3,(H,26,28). The third-order valence-corrected chi connectivity index (χ3v) is 4.97. The number of hydrogen-bond donors (Lipinski definition) is 1. The van der Waals surface area contributed by atoms with Crippen LogP contribution in [-0.2, 0) is 16.2 Å². The quantitative estimate of drug-likeness (QED) is 0.587. The molecule has 0 saturated carbocycles. The van der Waals surface area contributed by atoms with Crippen molar-refractivity contribution in [2.45, 2.75) is 6.61 Å². The van der Waals surface area contributed by atoms with Crippen molar-refractivity contribution in [2.75, 3.05) is 30.5 Å². The molecule has 0 aliphatic carbocycles. The van der Waals surface area contributed by atoms with Gasteiger partial charge in [-0.1, -0.05) is 17.7 Å². The van der Waals surface area contributed by atoms with Gasteiger partial charge < -0.3 is 19.5 Å². The molecule has 0 bridgehead atoms. The topological polar surface area (TPSA) is 90.0 Å². The summed E-state index contributed by atoms with van der Waals surface area (Å²) < 4.78 is 16.6. The number of rotatable bonds is 7. The second kappa shape index (κ2) is 9.57. The molecule has 0 spiro atoms. The molecule has 1 aromatic heterocycles. The zero-order valence-electron chi connectivity index (χ0n) is 17.2. The highest BCUT2D eigenvalue weighted by molar-refractivity contribution is 6.31. The molecule has 4 rings (SSSR count). The summed E-state index contributed by atoms with van der Waals surface area (Å²) in [6.07, 6.45) is 3.40. The molecule has 1 aliphatic heterocycles. The van der Waals surface area contributed by atoms with Gasteiger partial charge in [0.15, 0.2) is 18.1 Å². The summed E-state index contributed by atoms with van der Waals surface area (Å²) in [7, 11) is 1.54. The smallest absolute Gasteiger partial charge is 0.265 e. The Hall–Kier alpha value is -3.78. The van der Waals surface area contributed by atoms with Crippen molar-refractivity contribution in [3.63, 3.8) is 0 Å². The Bertz CT molecular complexity index is 1140. The fraction of sp³-hybridized carbons (Fsp3) is 0.174. The summed E-state index contributed by atoms with van der Waals surface area (Å²) in [4.78, 5) is 30.5. The Morgan fingerprint density at radius 3 is 2.88 bits per heavy atom. The second-order valence-corrected chi connectivity index (χ2v) is 7.38. The highest BCUT2D eigenvalue weighted by Gasteiger charge is 2.27. The van der Waals surface area contributed by atoms with Crippen LogP contribution in [0.15, 0.2) is 60.9 Å². The Kier molecular flexibility index (Phi) is 6.42. The average molecular weight is 454 g/mol. The van der Waals surface area contributed by atoms with Gasteiger partial charge in [0.25, 0.3) is 5.91 Å². The minimum atomic E-state index is -0.380. The van der Waals surface area contributed by atoms with E-state index in [0.717, 1.165) is 5.56 Å². The van der Waals surface area contributed by atoms with E-state index in [1.165, 1.54) is 12.0 Å². The van der Waals surface area contributed by atoms with E-state index in [2.05, 4.69) is 10.3 Å². The summed E-state index contributed by atoms with van der Waals surface area (Å²) in [5.41, 5.74) is 1.86. The molecule has 0 atom stereocenters. The monoisotopic (exact) mass is 453 g/mol. The Balaban J connectivity index is 1.46. The number of aromatic nitrogens is 1. The van der Waals surface area contributed by atoms with Crippen LogP contribution in [0.25, 0.3) is 0 Å². The van der Waals surface area contributed by atoms with Crippen LogP contribution in [0.4, 0.5) is 11.4 Å².